The van der Waals surface area contributed by atoms with E-state index in [1.54, 1.807) is 6.20 Å². The predicted octanol–water partition coefficient (Wildman–Crippen LogP) is 2.76. The van der Waals surface area contributed by atoms with Crippen LogP contribution in [0.15, 0.2) is 30.5 Å². The minimum absolute atomic E-state index is 0.106. The van der Waals surface area contributed by atoms with Gasteiger partial charge in [-0.3, -0.25) is 4.79 Å². The summed E-state index contributed by atoms with van der Waals surface area (Å²) in [5.41, 5.74) is 2.38. The zero-order chi connectivity index (χ0) is 16.4. The Morgan fingerprint density at radius 3 is 2.74 bits per heavy atom. The fourth-order valence-corrected chi connectivity index (χ4v) is 2.96. The third-order valence-corrected chi connectivity index (χ3v) is 4.31. The number of hydrogen-bond acceptors (Lipinski definition) is 4. The van der Waals surface area contributed by atoms with E-state index in [1.807, 2.05) is 38.1 Å². The van der Waals surface area contributed by atoms with E-state index in [0.717, 1.165) is 30.2 Å². The summed E-state index contributed by atoms with van der Waals surface area (Å²) in [5, 5.41) is 3.81. The molecule has 0 aliphatic carbocycles. The lowest BCUT2D eigenvalue weighted by atomic mass is 10.2. The topological polar surface area (TPSA) is 58.1 Å². The molecule has 0 spiro atoms. The second kappa shape index (κ2) is 6.54. The fourth-order valence-electron chi connectivity index (χ4n) is 2.83. The van der Waals surface area contributed by atoms with Gasteiger partial charge in [0.1, 0.15) is 5.82 Å². The Morgan fingerprint density at radius 1 is 1.30 bits per heavy atom. The predicted molar refractivity (Wildman–Crippen MR) is 91.0 cm³/mol. The number of aromatic nitrogens is 2. The Labute approximate surface area is 140 Å². The summed E-state index contributed by atoms with van der Waals surface area (Å²) in [4.78, 5) is 23.0. The molecule has 1 aromatic heterocycles. The summed E-state index contributed by atoms with van der Waals surface area (Å²) in [6.07, 6.45) is 2.51. The van der Waals surface area contributed by atoms with Crippen molar-refractivity contribution < 1.29 is 4.79 Å². The van der Waals surface area contributed by atoms with Crippen LogP contribution in [0, 0.1) is 13.8 Å². The van der Waals surface area contributed by atoms with E-state index in [1.165, 1.54) is 0 Å². The van der Waals surface area contributed by atoms with Gasteiger partial charge in [-0.2, -0.15) is 0 Å². The fraction of sp³-hybridized carbons (Fsp3) is 0.353. The summed E-state index contributed by atoms with van der Waals surface area (Å²) in [7, 11) is 0. The summed E-state index contributed by atoms with van der Waals surface area (Å²) < 4.78 is 0. The lowest BCUT2D eigenvalue weighted by Gasteiger charge is -2.19. The number of hydrogen-bond donors (Lipinski definition) is 1. The van der Waals surface area contributed by atoms with Gasteiger partial charge >= 0.3 is 0 Å². The summed E-state index contributed by atoms with van der Waals surface area (Å²) >= 11 is 5.92. The van der Waals surface area contributed by atoms with E-state index >= 15 is 0 Å². The van der Waals surface area contributed by atoms with E-state index in [-0.39, 0.29) is 11.9 Å². The van der Waals surface area contributed by atoms with Crippen molar-refractivity contribution >= 4 is 23.2 Å². The average molecular weight is 331 g/mol. The highest BCUT2D eigenvalue weighted by atomic mass is 35.5. The molecule has 5 nitrogen and oxygen atoms in total. The van der Waals surface area contributed by atoms with Gasteiger partial charge in [0.25, 0.3) is 5.91 Å². The first-order chi connectivity index (χ1) is 11.0. The molecule has 3 rings (SSSR count). The number of nitrogens with one attached hydrogen (secondary N) is 1. The molecule has 1 aromatic carbocycles. The molecule has 1 atom stereocenters. The monoisotopic (exact) mass is 330 g/mol. The minimum Gasteiger partial charge on any atom is -0.369 e. The SMILES string of the molecule is Cc1ncc(C(=O)N[C@@H]2CCN(c3ccc(Cl)cc3)C2)c(C)n1. The molecule has 0 radical (unpaired) electrons. The van der Waals surface area contributed by atoms with E-state index in [0.29, 0.717) is 17.1 Å². The maximum Gasteiger partial charge on any atom is 0.254 e. The van der Waals surface area contributed by atoms with Gasteiger partial charge in [-0.05, 0) is 44.5 Å². The van der Waals surface area contributed by atoms with E-state index in [9.17, 15) is 4.79 Å². The van der Waals surface area contributed by atoms with Crippen LogP contribution in [-0.4, -0.2) is 35.0 Å². The van der Waals surface area contributed by atoms with Crippen LogP contribution in [0.1, 0.15) is 28.3 Å². The molecule has 0 saturated carbocycles. The van der Waals surface area contributed by atoms with Gasteiger partial charge in [-0.1, -0.05) is 11.6 Å². The molecule has 0 unspecified atom stereocenters. The Morgan fingerprint density at radius 2 is 2.04 bits per heavy atom. The van der Waals surface area contributed by atoms with E-state index in [4.69, 9.17) is 11.6 Å². The molecule has 1 aliphatic heterocycles. The van der Waals surface area contributed by atoms with Crippen molar-refractivity contribution in [1.29, 1.82) is 0 Å². The Kier molecular flexibility index (Phi) is 4.48. The molecular formula is C17H19ClN4O. The highest BCUT2D eigenvalue weighted by Gasteiger charge is 2.25. The molecule has 1 aliphatic rings. The van der Waals surface area contributed by atoms with Gasteiger partial charge in [0.05, 0.1) is 11.3 Å². The Hall–Kier alpha value is -2.14. The van der Waals surface area contributed by atoms with Gasteiger partial charge in [0.15, 0.2) is 0 Å². The van der Waals surface area contributed by atoms with Crippen molar-refractivity contribution in [3.63, 3.8) is 0 Å². The van der Waals surface area contributed by atoms with Crippen LogP contribution in [0.5, 0.6) is 0 Å². The molecule has 1 N–H and O–H groups in total. The van der Waals surface area contributed by atoms with Crippen molar-refractivity contribution in [1.82, 2.24) is 15.3 Å². The molecular weight excluding hydrogens is 312 g/mol. The van der Waals surface area contributed by atoms with Crippen molar-refractivity contribution in [2.24, 2.45) is 0 Å². The largest absolute Gasteiger partial charge is 0.369 e. The molecule has 1 amide bonds. The van der Waals surface area contributed by atoms with Gasteiger partial charge in [0.2, 0.25) is 0 Å². The second-order valence-corrected chi connectivity index (χ2v) is 6.23. The number of nitrogens with zero attached hydrogens (tertiary/aromatic N) is 3. The van der Waals surface area contributed by atoms with Crippen molar-refractivity contribution in [3.05, 3.63) is 52.6 Å². The van der Waals surface area contributed by atoms with Gasteiger partial charge in [0, 0.05) is 36.0 Å². The molecule has 23 heavy (non-hydrogen) atoms. The lowest BCUT2D eigenvalue weighted by Crippen LogP contribution is -2.37. The van der Waals surface area contributed by atoms with Crippen LogP contribution in [0.2, 0.25) is 5.02 Å². The minimum atomic E-state index is -0.106. The van der Waals surface area contributed by atoms with Crippen molar-refractivity contribution in [2.75, 3.05) is 18.0 Å². The number of halogens is 1. The van der Waals surface area contributed by atoms with Crippen molar-refractivity contribution in [3.8, 4) is 0 Å². The maximum absolute atomic E-state index is 12.4. The molecule has 2 heterocycles. The van der Waals surface area contributed by atoms with Crippen LogP contribution in [0.25, 0.3) is 0 Å². The van der Waals surface area contributed by atoms with Crippen molar-refractivity contribution in [2.45, 2.75) is 26.3 Å². The third-order valence-electron chi connectivity index (χ3n) is 4.06. The smallest absolute Gasteiger partial charge is 0.254 e. The first-order valence-corrected chi connectivity index (χ1v) is 8.02. The molecule has 6 heteroatoms. The van der Waals surface area contributed by atoms with Gasteiger partial charge in [-0.15, -0.1) is 0 Å². The average Bonchev–Trinajstić information content (AvgIpc) is 2.96. The normalized spacial score (nSPS) is 17.3. The highest BCUT2D eigenvalue weighted by molar-refractivity contribution is 6.30. The molecule has 1 saturated heterocycles. The van der Waals surface area contributed by atoms with E-state index in [2.05, 4.69) is 20.2 Å². The summed E-state index contributed by atoms with van der Waals surface area (Å²) in [6, 6.07) is 7.90. The molecule has 1 fully saturated rings. The number of carbonyl (C=O) groups is 1. The third kappa shape index (κ3) is 3.62. The van der Waals surface area contributed by atoms with E-state index < -0.39 is 0 Å². The zero-order valence-corrected chi connectivity index (χ0v) is 14.0. The molecule has 2 aromatic rings. The highest BCUT2D eigenvalue weighted by Crippen LogP contribution is 2.22. The number of rotatable bonds is 3. The number of amides is 1. The molecule has 120 valence electrons. The van der Waals surface area contributed by atoms with Crippen LogP contribution < -0.4 is 10.2 Å². The number of carbonyl (C=O) groups excluding carboxylic acids is 1. The maximum atomic E-state index is 12.4. The quantitative estimate of drug-likeness (QED) is 0.940. The summed E-state index contributed by atoms with van der Waals surface area (Å²) in [5.74, 6) is 0.569. The number of benzene rings is 1. The Balaban J connectivity index is 1.63. The Bertz CT molecular complexity index is 717. The number of anilines is 1. The zero-order valence-electron chi connectivity index (χ0n) is 13.2. The van der Waals surface area contributed by atoms with Gasteiger partial charge in [-0.25, -0.2) is 9.97 Å². The lowest BCUT2D eigenvalue weighted by molar-refractivity contribution is 0.0939. The van der Waals surface area contributed by atoms with Crippen LogP contribution in [-0.2, 0) is 0 Å². The molecule has 0 bridgehead atoms. The van der Waals surface area contributed by atoms with Crippen LogP contribution in [0.3, 0.4) is 0 Å². The first-order valence-electron chi connectivity index (χ1n) is 7.64. The first kappa shape index (κ1) is 15.7. The standard InChI is InChI=1S/C17H19ClN4O/c1-11-16(9-19-12(2)20-11)17(23)21-14-7-8-22(10-14)15-5-3-13(18)4-6-15/h3-6,9,14H,7-8,10H2,1-2H3,(H,21,23)/t14-/m1/s1. The van der Waals surface area contributed by atoms with Crippen LogP contribution >= 0.6 is 11.6 Å². The second-order valence-electron chi connectivity index (χ2n) is 5.80. The summed E-state index contributed by atoms with van der Waals surface area (Å²) in [6.45, 7) is 5.35. The number of aryl methyl sites for hydroxylation is 2. The van der Waals surface area contributed by atoms with Crippen LogP contribution in [0.4, 0.5) is 5.69 Å². The van der Waals surface area contributed by atoms with Gasteiger partial charge < -0.3 is 10.2 Å².